The van der Waals surface area contributed by atoms with Crippen LogP contribution in [0.5, 0.6) is 5.75 Å². The summed E-state index contributed by atoms with van der Waals surface area (Å²) >= 11 is 5.14. The van der Waals surface area contributed by atoms with Crippen molar-refractivity contribution in [2.45, 2.75) is 32.9 Å². The Balaban J connectivity index is 2.09. The molecule has 2 rings (SSSR count). The number of benzene rings is 1. The molecule has 0 bridgehead atoms. The molecule has 3 nitrogen and oxygen atoms in total. The number of aryl methyl sites for hydroxylation is 1. The summed E-state index contributed by atoms with van der Waals surface area (Å²) in [6, 6.07) is 5.65. The van der Waals surface area contributed by atoms with Gasteiger partial charge in [0.1, 0.15) is 10.8 Å². The molecule has 0 saturated carbocycles. The number of aromatic hydroxyl groups is 1. The van der Waals surface area contributed by atoms with Crippen LogP contribution in [0.15, 0.2) is 28.9 Å². The minimum atomic E-state index is 0.127. The van der Waals surface area contributed by atoms with Gasteiger partial charge in [0.2, 0.25) is 0 Å². The number of phenolic OH excluding ortho intramolecular Hbond substituents is 1. The highest BCUT2D eigenvalue weighted by Gasteiger charge is 2.14. The average Bonchev–Trinajstić information content (AvgIpc) is 2.80. The number of rotatable bonds is 5. The lowest BCUT2D eigenvalue weighted by Gasteiger charge is -2.18. The van der Waals surface area contributed by atoms with Crippen LogP contribution in [0.25, 0.3) is 0 Å². The van der Waals surface area contributed by atoms with Gasteiger partial charge in [0.15, 0.2) is 0 Å². The predicted octanol–water partition coefficient (Wildman–Crippen LogP) is 4.16. The molecule has 1 aromatic carbocycles. The van der Waals surface area contributed by atoms with Gasteiger partial charge in [-0.2, -0.15) is 0 Å². The van der Waals surface area contributed by atoms with Crippen LogP contribution >= 0.6 is 27.3 Å². The van der Waals surface area contributed by atoms with Crippen molar-refractivity contribution in [3.8, 4) is 5.75 Å². The highest BCUT2D eigenvalue weighted by atomic mass is 79.9. The van der Waals surface area contributed by atoms with Crippen molar-refractivity contribution in [2.75, 3.05) is 0 Å². The van der Waals surface area contributed by atoms with Crippen LogP contribution in [0.1, 0.15) is 34.8 Å². The van der Waals surface area contributed by atoms with E-state index in [0.717, 1.165) is 28.0 Å². The van der Waals surface area contributed by atoms with E-state index >= 15 is 0 Å². The number of hydrogen-bond donors (Lipinski definition) is 2. The lowest BCUT2D eigenvalue weighted by molar-refractivity contribution is 0.440. The second-order valence-electron chi connectivity index (χ2n) is 4.41. The zero-order chi connectivity index (χ0) is 13.8. The van der Waals surface area contributed by atoms with Gasteiger partial charge in [-0.05, 0) is 31.5 Å². The SMILES string of the molecule is CCC(NCc1ncc(C)s1)c1cc(Br)ccc1O. The molecular weight excluding hydrogens is 324 g/mol. The molecule has 5 heteroatoms. The number of halogens is 1. The zero-order valence-electron chi connectivity index (χ0n) is 11.0. The van der Waals surface area contributed by atoms with Crippen molar-refractivity contribution in [3.05, 3.63) is 44.3 Å². The fourth-order valence-corrected chi connectivity index (χ4v) is 3.09. The lowest BCUT2D eigenvalue weighted by atomic mass is 10.0. The van der Waals surface area contributed by atoms with Crippen molar-refractivity contribution in [2.24, 2.45) is 0 Å². The number of aromatic nitrogens is 1. The maximum absolute atomic E-state index is 9.96. The van der Waals surface area contributed by atoms with Crippen LogP contribution in [0.4, 0.5) is 0 Å². The largest absolute Gasteiger partial charge is 0.508 e. The normalized spacial score (nSPS) is 12.6. The van der Waals surface area contributed by atoms with Crippen LogP contribution in [-0.4, -0.2) is 10.1 Å². The van der Waals surface area contributed by atoms with E-state index in [4.69, 9.17) is 0 Å². The number of nitrogens with one attached hydrogen (secondary N) is 1. The summed E-state index contributed by atoms with van der Waals surface area (Å²) in [5.74, 6) is 0.331. The van der Waals surface area contributed by atoms with Gasteiger partial charge in [0, 0.05) is 33.7 Å². The first kappa shape index (κ1) is 14.5. The first-order valence-electron chi connectivity index (χ1n) is 6.23. The summed E-state index contributed by atoms with van der Waals surface area (Å²) in [6.45, 7) is 4.88. The van der Waals surface area contributed by atoms with Gasteiger partial charge < -0.3 is 10.4 Å². The summed E-state index contributed by atoms with van der Waals surface area (Å²) in [5.41, 5.74) is 0.921. The highest BCUT2D eigenvalue weighted by Crippen LogP contribution is 2.29. The van der Waals surface area contributed by atoms with Crippen molar-refractivity contribution >= 4 is 27.3 Å². The Labute approximate surface area is 125 Å². The molecule has 0 fully saturated rings. The molecule has 0 radical (unpaired) electrons. The molecule has 0 spiro atoms. The van der Waals surface area contributed by atoms with Gasteiger partial charge >= 0.3 is 0 Å². The number of phenols is 1. The Bertz CT molecular complexity index is 556. The minimum Gasteiger partial charge on any atom is -0.508 e. The Morgan fingerprint density at radius 1 is 1.47 bits per heavy atom. The predicted molar refractivity (Wildman–Crippen MR) is 82.5 cm³/mol. The van der Waals surface area contributed by atoms with Gasteiger partial charge in [0.25, 0.3) is 0 Å². The summed E-state index contributed by atoms with van der Waals surface area (Å²) in [4.78, 5) is 5.56. The van der Waals surface area contributed by atoms with Gasteiger partial charge in [-0.15, -0.1) is 11.3 Å². The summed E-state index contributed by atoms with van der Waals surface area (Å²) < 4.78 is 0.977. The van der Waals surface area contributed by atoms with Crippen LogP contribution in [0.3, 0.4) is 0 Å². The summed E-state index contributed by atoms with van der Waals surface area (Å²) in [7, 11) is 0. The third kappa shape index (κ3) is 3.78. The zero-order valence-corrected chi connectivity index (χ0v) is 13.4. The van der Waals surface area contributed by atoms with Crippen LogP contribution in [0.2, 0.25) is 0 Å². The lowest BCUT2D eigenvalue weighted by Crippen LogP contribution is -2.20. The maximum atomic E-state index is 9.96. The number of hydrogen-bond acceptors (Lipinski definition) is 4. The number of nitrogens with zero attached hydrogens (tertiary/aromatic N) is 1. The van der Waals surface area contributed by atoms with Crippen LogP contribution in [-0.2, 0) is 6.54 Å². The first-order chi connectivity index (χ1) is 9.10. The third-order valence-electron chi connectivity index (χ3n) is 2.94. The van der Waals surface area contributed by atoms with E-state index in [1.54, 1.807) is 17.4 Å². The summed E-state index contributed by atoms with van der Waals surface area (Å²) in [6.07, 6.45) is 2.80. The van der Waals surface area contributed by atoms with Crippen molar-refractivity contribution < 1.29 is 5.11 Å². The molecule has 1 unspecified atom stereocenters. The smallest absolute Gasteiger partial charge is 0.120 e. The van der Waals surface area contributed by atoms with Gasteiger partial charge in [-0.25, -0.2) is 4.98 Å². The second kappa shape index (κ2) is 6.50. The van der Waals surface area contributed by atoms with E-state index in [1.165, 1.54) is 4.88 Å². The van der Waals surface area contributed by atoms with Crippen molar-refractivity contribution in [1.29, 1.82) is 0 Å². The van der Waals surface area contributed by atoms with Crippen molar-refractivity contribution in [3.63, 3.8) is 0 Å². The van der Waals surface area contributed by atoms with E-state index in [-0.39, 0.29) is 6.04 Å². The van der Waals surface area contributed by atoms with Crippen LogP contribution < -0.4 is 5.32 Å². The topological polar surface area (TPSA) is 45.2 Å². The molecule has 0 amide bonds. The van der Waals surface area contributed by atoms with E-state index in [1.807, 2.05) is 18.3 Å². The molecule has 102 valence electrons. The molecule has 0 aliphatic rings. The molecule has 0 saturated heterocycles. The monoisotopic (exact) mass is 340 g/mol. The second-order valence-corrected chi connectivity index (χ2v) is 6.64. The van der Waals surface area contributed by atoms with E-state index in [2.05, 4.69) is 40.1 Å². The Hall–Kier alpha value is -0.910. The number of thiazole rings is 1. The van der Waals surface area contributed by atoms with E-state index < -0.39 is 0 Å². The van der Waals surface area contributed by atoms with E-state index in [0.29, 0.717) is 5.75 Å². The Morgan fingerprint density at radius 3 is 2.89 bits per heavy atom. The molecule has 2 N–H and O–H groups in total. The molecule has 1 aromatic heterocycles. The molecule has 0 aliphatic carbocycles. The van der Waals surface area contributed by atoms with Gasteiger partial charge in [-0.3, -0.25) is 0 Å². The Morgan fingerprint density at radius 2 is 2.26 bits per heavy atom. The third-order valence-corrected chi connectivity index (χ3v) is 4.35. The first-order valence-corrected chi connectivity index (χ1v) is 7.84. The standard InChI is InChI=1S/C14H17BrN2OS/c1-3-12(11-6-10(15)4-5-13(11)18)16-8-14-17-7-9(2)19-14/h4-7,12,16,18H,3,8H2,1-2H3. The molecule has 1 heterocycles. The van der Waals surface area contributed by atoms with Crippen molar-refractivity contribution in [1.82, 2.24) is 10.3 Å². The fourth-order valence-electron chi connectivity index (χ4n) is 1.97. The average molecular weight is 341 g/mol. The Kier molecular flexibility index (Phi) is 4.96. The fraction of sp³-hybridized carbons (Fsp3) is 0.357. The van der Waals surface area contributed by atoms with Crippen LogP contribution in [0, 0.1) is 6.92 Å². The summed E-state index contributed by atoms with van der Waals surface area (Å²) in [5, 5.41) is 14.5. The van der Waals surface area contributed by atoms with E-state index in [9.17, 15) is 5.11 Å². The molecule has 0 aliphatic heterocycles. The quantitative estimate of drug-likeness (QED) is 0.858. The molecule has 2 aromatic rings. The minimum absolute atomic E-state index is 0.127. The van der Waals surface area contributed by atoms with Gasteiger partial charge in [-0.1, -0.05) is 22.9 Å². The molecular formula is C14H17BrN2OS. The maximum Gasteiger partial charge on any atom is 0.120 e. The highest BCUT2D eigenvalue weighted by molar-refractivity contribution is 9.10. The van der Waals surface area contributed by atoms with Gasteiger partial charge in [0.05, 0.1) is 0 Å². The molecule has 1 atom stereocenters. The molecule has 19 heavy (non-hydrogen) atoms.